The molecule has 0 aliphatic carbocycles. The maximum atomic E-state index is 12.5. The lowest BCUT2D eigenvalue weighted by atomic mass is 10.3. The van der Waals surface area contributed by atoms with Crippen LogP contribution in [0.5, 0.6) is 5.75 Å². The van der Waals surface area contributed by atoms with Crippen LogP contribution in [0.25, 0.3) is 0 Å². The van der Waals surface area contributed by atoms with Crippen LogP contribution in [0.2, 0.25) is 0 Å². The van der Waals surface area contributed by atoms with Crippen LogP contribution in [-0.4, -0.2) is 63.6 Å². The molecule has 1 aromatic carbocycles. The van der Waals surface area contributed by atoms with E-state index in [1.807, 2.05) is 0 Å². The Bertz CT molecular complexity index is 641. The van der Waals surface area contributed by atoms with E-state index in [9.17, 15) is 18.3 Å². The van der Waals surface area contributed by atoms with Gasteiger partial charge in [0, 0.05) is 13.1 Å². The Balaban J connectivity index is 2.26. The van der Waals surface area contributed by atoms with Crippen LogP contribution in [0.1, 0.15) is 0 Å². The van der Waals surface area contributed by atoms with Gasteiger partial charge in [-0.1, -0.05) is 0 Å². The van der Waals surface area contributed by atoms with E-state index in [-0.39, 0.29) is 41.9 Å². The Kier molecular flexibility index (Phi) is 5.35. The van der Waals surface area contributed by atoms with E-state index in [1.165, 1.54) is 22.5 Å². The number of aromatic hydroxyl groups is 1. The second-order valence-corrected chi connectivity index (χ2v) is 6.71. The Hall–Kier alpha value is -1.68. The van der Waals surface area contributed by atoms with E-state index < -0.39 is 10.0 Å². The highest BCUT2D eigenvalue weighted by molar-refractivity contribution is 7.89. The molecule has 1 aliphatic rings. The van der Waals surface area contributed by atoms with Gasteiger partial charge in [-0.15, -0.1) is 0 Å². The van der Waals surface area contributed by atoms with Gasteiger partial charge in [0.15, 0.2) is 0 Å². The van der Waals surface area contributed by atoms with Crippen molar-refractivity contribution in [3.63, 3.8) is 0 Å². The summed E-state index contributed by atoms with van der Waals surface area (Å²) in [5.74, 6) is -0.566. The Labute approximate surface area is 129 Å². The average molecular weight is 329 g/mol. The molecular formula is C13H19N3O5S. The first-order valence-electron chi connectivity index (χ1n) is 6.80. The zero-order valence-electron chi connectivity index (χ0n) is 12.2. The van der Waals surface area contributed by atoms with E-state index in [1.54, 1.807) is 7.05 Å². The number of amides is 1. The van der Waals surface area contributed by atoms with Crippen LogP contribution in [0.15, 0.2) is 23.1 Å². The summed E-state index contributed by atoms with van der Waals surface area (Å²) in [4.78, 5) is 11.6. The van der Waals surface area contributed by atoms with Gasteiger partial charge in [-0.2, -0.15) is 4.31 Å². The van der Waals surface area contributed by atoms with Gasteiger partial charge in [0.2, 0.25) is 15.9 Å². The van der Waals surface area contributed by atoms with Crippen molar-refractivity contribution >= 4 is 21.6 Å². The molecule has 0 unspecified atom stereocenters. The Morgan fingerprint density at radius 1 is 1.36 bits per heavy atom. The molecule has 0 aromatic heterocycles. The number of carbonyl (C=O) groups is 1. The van der Waals surface area contributed by atoms with Gasteiger partial charge in [-0.25, -0.2) is 8.42 Å². The number of carbonyl (C=O) groups excluding carboxylic acids is 1. The third kappa shape index (κ3) is 3.74. The normalized spacial score (nSPS) is 16.4. The summed E-state index contributed by atoms with van der Waals surface area (Å²) in [5, 5.41) is 14.9. The van der Waals surface area contributed by atoms with Crippen LogP contribution in [0, 0.1) is 0 Å². The van der Waals surface area contributed by atoms with Gasteiger partial charge in [0.05, 0.1) is 30.3 Å². The molecule has 0 spiro atoms. The fraction of sp³-hybridized carbons (Fsp3) is 0.462. The number of nitrogens with one attached hydrogen (secondary N) is 2. The molecule has 0 atom stereocenters. The van der Waals surface area contributed by atoms with Crippen molar-refractivity contribution < 1.29 is 23.1 Å². The summed E-state index contributed by atoms with van der Waals surface area (Å²) in [7, 11) is -2.06. The fourth-order valence-electron chi connectivity index (χ4n) is 2.07. The average Bonchev–Trinajstić information content (AvgIpc) is 2.50. The molecule has 0 saturated carbocycles. The summed E-state index contributed by atoms with van der Waals surface area (Å²) in [5.41, 5.74) is 0.0644. The quantitative estimate of drug-likeness (QED) is 0.633. The lowest BCUT2D eigenvalue weighted by Gasteiger charge is -2.26. The molecule has 3 N–H and O–H groups in total. The van der Waals surface area contributed by atoms with Crippen molar-refractivity contribution in [3.05, 3.63) is 18.2 Å². The number of anilines is 1. The summed E-state index contributed by atoms with van der Waals surface area (Å²) in [6.07, 6.45) is 0. The number of phenols is 1. The van der Waals surface area contributed by atoms with Crippen molar-refractivity contribution in [2.45, 2.75) is 4.90 Å². The maximum absolute atomic E-state index is 12.5. The van der Waals surface area contributed by atoms with Crippen LogP contribution in [0.3, 0.4) is 0 Å². The predicted octanol–water partition coefficient (Wildman–Crippen LogP) is -0.429. The summed E-state index contributed by atoms with van der Waals surface area (Å²) < 4.78 is 31.5. The molecule has 1 fully saturated rings. The Morgan fingerprint density at radius 3 is 2.68 bits per heavy atom. The number of ether oxygens (including phenoxy) is 1. The molecule has 1 saturated heterocycles. The maximum Gasteiger partial charge on any atom is 0.243 e. The molecule has 1 amide bonds. The molecule has 22 heavy (non-hydrogen) atoms. The number of phenolic OH excluding ortho intramolecular Hbond substituents is 1. The van der Waals surface area contributed by atoms with Crippen molar-refractivity contribution in [2.24, 2.45) is 0 Å². The number of hydrogen-bond acceptors (Lipinski definition) is 6. The monoisotopic (exact) mass is 329 g/mol. The van der Waals surface area contributed by atoms with Crippen molar-refractivity contribution in [2.75, 3.05) is 45.2 Å². The lowest BCUT2D eigenvalue weighted by Crippen LogP contribution is -2.40. The highest BCUT2D eigenvalue weighted by Gasteiger charge is 2.27. The zero-order chi connectivity index (χ0) is 16.2. The molecule has 0 radical (unpaired) electrons. The molecule has 1 aromatic rings. The predicted molar refractivity (Wildman–Crippen MR) is 80.2 cm³/mol. The molecule has 0 bridgehead atoms. The van der Waals surface area contributed by atoms with Crippen LogP contribution >= 0.6 is 0 Å². The van der Waals surface area contributed by atoms with Crippen LogP contribution < -0.4 is 10.6 Å². The van der Waals surface area contributed by atoms with Crippen molar-refractivity contribution in [1.82, 2.24) is 9.62 Å². The van der Waals surface area contributed by atoms with Crippen LogP contribution in [0.4, 0.5) is 5.69 Å². The first kappa shape index (κ1) is 16.7. The smallest absolute Gasteiger partial charge is 0.243 e. The lowest BCUT2D eigenvalue weighted by molar-refractivity contribution is -0.115. The highest BCUT2D eigenvalue weighted by atomic mass is 32.2. The second kappa shape index (κ2) is 7.05. The SMILES string of the molecule is CNCC(=O)Nc1cc(S(=O)(=O)N2CCOCC2)ccc1O. The second-order valence-electron chi connectivity index (χ2n) is 4.77. The third-order valence-electron chi connectivity index (χ3n) is 3.19. The minimum Gasteiger partial charge on any atom is -0.506 e. The minimum atomic E-state index is -3.67. The van der Waals surface area contributed by atoms with Crippen LogP contribution in [-0.2, 0) is 19.6 Å². The number of nitrogens with zero attached hydrogens (tertiary/aromatic N) is 1. The van der Waals surface area contributed by atoms with E-state index in [2.05, 4.69) is 10.6 Å². The van der Waals surface area contributed by atoms with Gasteiger partial charge in [0.1, 0.15) is 5.75 Å². The Morgan fingerprint density at radius 2 is 2.05 bits per heavy atom. The number of hydrogen-bond donors (Lipinski definition) is 3. The van der Waals surface area contributed by atoms with Gasteiger partial charge < -0.3 is 20.5 Å². The van der Waals surface area contributed by atoms with E-state index in [0.29, 0.717) is 13.2 Å². The molecule has 1 aliphatic heterocycles. The van der Waals surface area contributed by atoms with Crippen molar-refractivity contribution in [3.8, 4) is 5.75 Å². The van der Waals surface area contributed by atoms with E-state index in [0.717, 1.165) is 0 Å². The van der Waals surface area contributed by atoms with Gasteiger partial charge in [-0.3, -0.25) is 4.79 Å². The van der Waals surface area contributed by atoms with Gasteiger partial charge in [-0.05, 0) is 25.2 Å². The first-order chi connectivity index (χ1) is 10.4. The minimum absolute atomic E-state index is 0.0203. The zero-order valence-corrected chi connectivity index (χ0v) is 13.0. The molecular weight excluding hydrogens is 310 g/mol. The third-order valence-corrected chi connectivity index (χ3v) is 5.08. The summed E-state index contributed by atoms with van der Waals surface area (Å²) in [6.45, 7) is 1.32. The number of likely N-dealkylation sites (N-methyl/N-ethyl adjacent to an activating group) is 1. The number of rotatable bonds is 5. The van der Waals surface area contributed by atoms with Gasteiger partial charge >= 0.3 is 0 Å². The number of morpholine rings is 1. The fourth-order valence-corrected chi connectivity index (χ4v) is 3.50. The number of benzene rings is 1. The number of sulfonamides is 1. The largest absolute Gasteiger partial charge is 0.506 e. The summed E-state index contributed by atoms with van der Waals surface area (Å²) >= 11 is 0. The topological polar surface area (TPSA) is 108 Å². The molecule has 2 rings (SSSR count). The summed E-state index contributed by atoms with van der Waals surface area (Å²) in [6, 6.07) is 3.82. The van der Waals surface area contributed by atoms with E-state index in [4.69, 9.17) is 4.74 Å². The highest BCUT2D eigenvalue weighted by Crippen LogP contribution is 2.28. The first-order valence-corrected chi connectivity index (χ1v) is 8.24. The van der Waals surface area contributed by atoms with Crippen molar-refractivity contribution in [1.29, 1.82) is 0 Å². The molecule has 1 heterocycles. The molecule has 8 nitrogen and oxygen atoms in total. The van der Waals surface area contributed by atoms with E-state index >= 15 is 0 Å². The molecule has 9 heteroatoms. The van der Waals surface area contributed by atoms with Gasteiger partial charge in [0.25, 0.3) is 0 Å². The standard InChI is InChI=1S/C13H19N3O5S/c1-14-9-13(18)15-11-8-10(2-3-12(11)17)22(19,20)16-4-6-21-7-5-16/h2-3,8,14,17H,4-7,9H2,1H3,(H,15,18). The molecule has 122 valence electrons.